The van der Waals surface area contributed by atoms with E-state index in [0.717, 1.165) is 38.7 Å². The number of hydrogen-bond donors (Lipinski definition) is 2. The van der Waals surface area contributed by atoms with Gasteiger partial charge in [-0.05, 0) is 48.2 Å². The van der Waals surface area contributed by atoms with Crippen LogP contribution in [-0.4, -0.2) is 36.4 Å². The number of rotatable bonds is 11. The molecule has 0 atom stereocenters. The third kappa shape index (κ3) is 6.28. The molecule has 0 amide bonds. The highest BCUT2D eigenvalue weighted by molar-refractivity contribution is 7.18. The maximum Gasteiger partial charge on any atom is 0.348 e. The van der Waals surface area contributed by atoms with E-state index in [1.54, 1.807) is 18.4 Å². The first kappa shape index (κ1) is 24.9. The van der Waals surface area contributed by atoms with Crippen molar-refractivity contribution < 1.29 is 19.4 Å². The lowest BCUT2D eigenvalue weighted by Crippen LogP contribution is -2.04. The smallest absolute Gasteiger partial charge is 0.348 e. The molecule has 0 aliphatic rings. The van der Waals surface area contributed by atoms with Crippen LogP contribution in [0.3, 0.4) is 0 Å². The van der Waals surface area contributed by atoms with E-state index in [9.17, 15) is 9.90 Å². The average molecular weight is 509 g/mol. The standard InChI is InChI=1S/C27H28N2O4S2/c1-17(2)15-23-24(19-9-11-20(12-10-19)33-14-13-32-3)29-27(35-23)28-21-16-22(34-25(21)26(30)31)18-7-5-4-6-8-18/h4-12,16-17H,13-15H2,1-3H3,(H,28,29)(H,30,31). The molecule has 6 nitrogen and oxygen atoms in total. The van der Waals surface area contributed by atoms with Crippen molar-refractivity contribution in [1.29, 1.82) is 0 Å². The number of carboxylic acids is 1. The Bertz CT molecular complexity index is 1260. The number of thiazole rings is 1. The predicted molar refractivity (Wildman–Crippen MR) is 143 cm³/mol. The molecule has 0 unspecified atom stereocenters. The second kappa shape index (κ2) is 11.5. The van der Waals surface area contributed by atoms with Crippen molar-refractivity contribution in [2.75, 3.05) is 25.6 Å². The second-order valence-electron chi connectivity index (χ2n) is 8.40. The molecule has 2 heterocycles. The summed E-state index contributed by atoms with van der Waals surface area (Å²) in [5.41, 5.74) is 3.45. The minimum Gasteiger partial charge on any atom is -0.491 e. The van der Waals surface area contributed by atoms with Crippen LogP contribution in [0.25, 0.3) is 21.7 Å². The molecular formula is C27H28N2O4S2. The number of hydrogen-bond acceptors (Lipinski definition) is 7. The van der Waals surface area contributed by atoms with Crippen molar-refractivity contribution in [2.24, 2.45) is 5.92 Å². The normalized spacial score (nSPS) is 11.1. The summed E-state index contributed by atoms with van der Waals surface area (Å²) in [5, 5.41) is 13.8. The van der Waals surface area contributed by atoms with Crippen LogP contribution in [-0.2, 0) is 11.2 Å². The number of carboxylic acid groups (broad SMARTS) is 1. The van der Waals surface area contributed by atoms with Gasteiger partial charge < -0.3 is 19.9 Å². The molecule has 4 aromatic rings. The van der Waals surface area contributed by atoms with E-state index in [4.69, 9.17) is 14.5 Å². The molecule has 0 saturated carbocycles. The number of carbonyl (C=O) groups is 1. The number of benzene rings is 2. The number of aromatic carboxylic acids is 1. The van der Waals surface area contributed by atoms with E-state index in [1.165, 1.54) is 11.3 Å². The van der Waals surface area contributed by atoms with E-state index >= 15 is 0 Å². The monoisotopic (exact) mass is 508 g/mol. The average Bonchev–Trinajstić information content (AvgIpc) is 3.44. The summed E-state index contributed by atoms with van der Waals surface area (Å²) in [4.78, 5) is 19.2. The Morgan fingerprint density at radius 2 is 1.77 bits per heavy atom. The van der Waals surface area contributed by atoms with Gasteiger partial charge in [0.15, 0.2) is 5.13 Å². The van der Waals surface area contributed by atoms with Gasteiger partial charge in [0.25, 0.3) is 0 Å². The van der Waals surface area contributed by atoms with Crippen LogP contribution >= 0.6 is 22.7 Å². The van der Waals surface area contributed by atoms with Crippen LogP contribution < -0.4 is 10.1 Å². The summed E-state index contributed by atoms with van der Waals surface area (Å²) in [6.45, 7) is 5.39. The Morgan fingerprint density at radius 3 is 2.43 bits per heavy atom. The van der Waals surface area contributed by atoms with Crippen LogP contribution in [0, 0.1) is 5.92 Å². The number of nitrogens with one attached hydrogen (secondary N) is 1. The summed E-state index contributed by atoms with van der Waals surface area (Å²) < 4.78 is 10.7. The first-order valence-corrected chi connectivity index (χ1v) is 13.0. The third-order valence-electron chi connectivity index (χ3n) is 5.20. The minimum atomic E-state index is -0.956. The van der Waals surface area contributed by atoms with Gasteiger partial charge in [0.2, 0.25) is 0 Å². The van der Waals surface area contributed by atoms with Gasteiger partial charge in [0, 0.05) is 22.4 Å². The highest BCUT2D eigenvalue weighted by Gasteiger charge is 2.20. The molecule has 0 fully saturated rings. The minimum absolute atomic E-state index is 0.267. The fourth-order valence-electron chi connectivity index (χ4n) is 3.59. The van der Waals surface area contributed by atoms with E-state index < -0.39 is 5.97 Å². The highest BCUT2D eigenvalue weighted by Crippen LogP contribution is 2.39. The Hall–Kier alpha value is -3.20. The third-order valence-corrected chi connectivity index (χ3v) is 7.37. The van der Waals surface area contributed by atoms with Gasteiger partial charge in [-0.15, -0.1) is 22.7 Å². The molecule has 35 heavy (non-hydrogen) atoms. The zero-order valence-electron chi connectivity index (χ0n) is 19.9. The van der Waals surface area contributed by atoms with E-state index in [1.807, 2.05) is 60.7 Å². The molecule has 0 radical (unpaired) electrons. The van der Waals surface area contributed by atoms with Crippen LogP contribution in [0.5, 0.6) is 5.75 Å². The zero-order chi connectivity index (χ0) is 24.8. The molecule has 2 N–H and O–H groups in total. The van der Waals surface area contributed by atoms with Crippen molar-refractivity contribution in [3.8, 4) is 27.4 Å². The Morgan fingerprint density at radius 1 is 1.03 bits per heavy atom. The summed E-state index contributed by atoms with van der Waals surface area (Å²) in [6, 6.07) is 19.6. The lowest BCUT2D eigenvalue weighted by molar-refractivity contribution is 0.0703. The molecule has 2 aromatic carbocycles. The van der Waals surface area contributed by atoms with Crippen LogP contribution in [0.15, 0.2) is 60.7 Å². The topological polar surface area (TPSA) is 80.7 Å². The fraction of sp³-hybridized carbons (Fsp3) is 0.259. The van der Waals surface area contributed by atoms with Crippen molar-refractivity contribution >= 4 is 39.5 Å². The van der Waals surface area contributed by atoms with E-state index in [0.29, 0.717) is 30.0 Å². The molecular weight excluding hydrogens is 480 g/mol. The maximum absolute atomic E-state index is 12.0. The Kier molecular flexibility index (Phi) is 8.17. The van der Waals surface area contributed by atoms with Crippen LogP contribution in [0.2, 0.25) is 0 Å². The first-order chi connectivity index (χ1) is 16.9. The van der Waals surface area contributed by atoms with Gasteiger partial charge in [-0.2, -0.15) is 0 Å². The van der Waals surface area contributed by atoms with Crippen molar-refractivity contribution in [3.63, 3.8) is 0 Å². The Labute approximate surface area is 213 Å². The molecule has 8 heteroatoms. The second-order valence-corrected chi connectivity index (χ2v) is 10.5. The molecule has 0 spiro atoms. The largest absolute Gasteiger partial charge is 0.491 e. The van der Waals surface area contributed by atoms with Crippen LogP contribution in [0.4, 0.5) is 10.8 Å². The molecule has 4 rings (SSSR count). The molecule has 182 valence electrons. The summed E-state index contributed by atoms with van der Waals surface area (Å²) in [5.74, 6) is 0.282. The Balaban J connectivity index is 1.63. The van der Waals surface area contributed by atoms with E-state index in [-0.39, 0.29) is 4.88 Å². The van der Waals surface area contributed by atoms with Crippen molar-refractivity contribution in [1.82, 2.24) is 4.98 Å². The lowest BCUT2D eigenvalue weighted by Gasteiger charge is -2.07. The number of ether oxygens (including phenoxy) is 2. The zero-order valence-corrected chi connectivity index (χ0v) is 21.5. The van der Waals surface area contributed by atoms with Gasteiger partial charge in [-0.25, -0.2) is 9.78 Å². The SMILES string of the molecule is COCCOc1ccc(-c2nc(Nc3cc(-c4ccccc4)sc3C(=O)O)sc2CC(C)C)cc1. The molecule has 0 aliphatic heterocycles. The van der Waals surface area contributed by atoms with Gasteiger partial charge in [0.1, 0.15) is 17.2 Å². The van der Waals surface area contributed by atoms with Gasteiger partial charge >= 0.3 is 5.97 Å². The summed E-state index contributed by atoms with van der Waals surface area (Å²) in [6.07, 6.45) is 0.880. The quantitative estimate of drug-likeness (QED) is 0.208. The number of thiophene rings is 1. The lowest BCUT2D eigenvalue weighted by atomic mass is 10.0. The maximum atomic E-state index is 12.0. The molecule has 2 aromatic heterocycles. The van der Waals surface area contributed by atoms with Gasteiger partial charge in [0.05, 0.1) is 18.0 Å². The summed E-state index contributed by atoms with van der Waals surface area (Å²) >= 11 is 2.83. The molecule has 0 bridgehead atoms. The highest BCUT2D eigenvalue weighted by atomic mass is 32.1. The number of aromatic nitrogens is 1. The van der Waals surface area contributed by atoms with Crippen molar-refractivity contribution in [3.05, 3.63) is 70.4 Å². The molecule has 0 saturated heterocycles. The number of anilines is 2. The number of methoxy groups -OCH3 is 1. The predicted octanol–water partition coefficient (Wildman–Crippen LogP) is 7.20. The number of nitrogens with zero attached hydrogens (tertiary/aromatic N) is 1. The van der Waals surface area contributed by atoms with Crippen molar-refractivity contribution in [2.45, 2.75) is 20.3 Å². The van der Waals surface area contributed by atoms with Gasteiger partial charge in [-0.3, -0.25) is 0 Å². The molecule has 0 aliphatic carbocycles. The van der Waals surface area contributed by atoms with Gasteiger partial charge in [-0.1, -0.05) is 44.2 Å². The van der Waals surface area contributed by atoms with Crippen LogP contribution in [0.1, 0.15) is 28.4 Å². The summed E-state index contributed by atoms with van der Waals surface area (Å²) in [7, 11) is 1.65. The van der Waals surface area contributed by atoms with E-state index in [2.05, 4.69) is 19.2 Å². The fourth-order valence-corrected chi connectivity index (χ4v) is 5.76. The first-order valence-electron chi connectivity index (χ1n) is 11.4.